The average molecular weight is 245 g/mol. The van der Waals surface area contributed by atoms with Crippen LogP contribution >= 0.6 is 0 Å². The van der Waals surface area contributed by atoms with E-state index in [9.17, 15) is 4.79 Å². The molecule has 0 atom stereocenters. The minimum Gasteiger partial charge on any atom is -0.422 e. The number of hydrogen-bond acceptors (Lipinski definition) is 3. The topological polar surface area (TPSA) is 56.2 Å². The van der Waals surface area contributed by atoms with Gasteiger partial charge in [0, 0.05) is 17.1 Å². The molecule has 96 valence electrons. The van der Waals surface area contributed by atoms with Gasteiger partial charge in [0.05, 0.1) is 0 Å². The second kappa shape index (κ2) is 5.71. The van der Waals surface area contributed by atoms with E-state index < -0.39 is 0 Å². The molecule has 3 heteroatoms. The summed E-state index contributed by atoms with van der Waals surface area (Å²) >= 11 is 0. The van der Waals surface area contributed by atoms with Crippen molar-refractivity contribution in [3.05, 3.63) is 40.2 Å². The maximum Gasteiger partial charge on any atom is 0.336 e. The first kappa shape index (κ1) is 12.7. The number of benzene rings is 1. The molecular weight excluding hydrogens is 226 g/mol. The summed E-state index contributed by atoms with van der Waals surface area (Å²) in [7, 11) is 0. The largest absolute Gasteiger partial charge is 0.422 e. The van der Waals surface area contributed by atoms with Crippen LogP contribution in [0.2, 0.25) is 0 Å². The van der Waals surface area contributed by atoms with E-state index in [1.54, 1.807) is 6.07 Å². The average Bonchev–Trinajstić information content (AvgIpc) is 2.37. The Morgan fingerprint density at radius 1 is 1.11 bits per heavy atom. The fourth-order valence-corrected chi connectivity index (χ4v) is 2.18. The number of unbranched alkanes of at least 4 members (excludes halogenated alkanes) is 3. The van der Waals surface area contributed by atoms with Crippen molar-refractivity contribution in [1.82, 2.24) is 0 Å². The van der Waals surface area contributed by atoms with Crippen LogP contribution in [0.3, 0.4) is 0 Å². The lowest BCUT2D eigenvalue weighted by Crippen LogP contribution is -1.99. The monoisotopic (exact) mass is 245 g/mol. The molecule has 0 spiro atoms. The zero-order chi connectivity index (χ0) is 13.0. The second-order valence-corrected chi connectivity index (χ2v) is 4.62. The van der Waals surface area contributed by atoms with Crippen LogP contribution in [0.25, 0.3) is 11.0 Å². The number of nitrogen functional groups attached to an aromatic ring is 1. The molecule has 0 aliphatic carbocycles. The SMILES string of the molecule is CCCCCCc1ccc(N)c2ccc(=O)oc12. The Hall–Kier alpha value is -1.77. The molecule has 0 fully saturated rings. The normalized spacial score (nSPS) is 10.9. The second-order valence-electron chi connectivity index (χ2n) is 4.62. The van der Waals surface area contributed by atoms with E-state index in [0.717, 1.165) is 23.8 Å². The van der Waals surface area contributed by atoms with Gasteiger partial charge < -0.3 is 10.2 Å². The van der Waals surface area contributed by atoms with Crippen molar-refractivity contribution in [2.24, 2.45) is 0 Å². The highest BCUT2D eigenvalue weighted by Crippen LogP contribution is 2.24. The van der Waals surface area contributed by atoms with Crippen LogP contribution in [0.15, 0.2) is 33.5 Å². The molecule has 0 unspecified atom stereocenters. The van der Waals surface area contributed by atoms with Gasteiger partial charge in [-0.05, 0) is 30.5 Å². The van der Waals surface area contributed by atoms with Crippen LogP contribution in [-0.2, 0) is 6.42 Å². The van der Waals surface area contributed by atoms with Gasteiger partial charge in [0.1, 0.15) is 5.58 Å². The van der Waals surface area contributed by atoms with Gasteiger partial charge in [0.2, 0.25) is 0 Å². The van der Waals surface area contributed by atoms with E-state index in [-0.39, 0.29) is 5.63 Å². The van der Waals surface area contributed by atoms with Crippen LogP contribution in [0.5, 0.6) is 0 Å². The molecule has 0 saturated carbocycles. The molecule has 1 heterocycles. The minimum atomic E-state index is -0.317. The van der Waals surface area contributed by atoms with Crippen LogP contribution in [0, 0.1) is 0 Å². The number of aryl methyl sites for hydroxylation is 1. The maximum absolute atomic E-state index is 11.3. The molecule has 18 heavy (non-hydrogen) atoms. The quantitative estimate of drug-likeness (QED) is 0.498. The highest BCUT2D eigenvalue weighted by Gasteiger charge is 2.07. The van der Waals surface area contributed by atoms with Crippen molar-refractivity contribution < 1.29 is 4.42 Å². The van der Waals surface area contributed by atoms with E-state index in [1.807, 2.05) is 12.1 Å². The molecule has 0 aliphatic rings. The Morgan fingerprint density at radius 2 is 1.94 bits per heavy atom. The van der Waals surface area contributed by atoms with Gasteiger partial charge in [-0.2, -0.15) is 0 Å². The first-order valence-electron chi connectivity index (χ1n) is 6.53. The molecule has 0 aliphatic heterocycles. The van der Waals surface area contributed by atoms with Gasteiger partial charge in [-0.3, -0.25) is 0 Å². The number of anilines is 1. The fraction of sp³-hybridized carbons (Fsp3) is 0.400. The van der Waals surface area contributed by atoms with Crippen molar-refractivity contribution in [3.63, 3.8) is 0 Å². The summed E-state index contributed by atoms with van der Waals surface area (Å²) in [5, 5.41) is 0.836. The predicted molar refractivity (Wildman–Crippen MR) is 74.7 cm³/mol. The lowest BCUT2D eigenvalue weighted by atomic mass is 10.0. The van der Waals surface area contributed by atoms with Gasteiger partial charge in [0.15, 0.2) is 0 Å². The highest BCUT2D eigenvalue weighted by molar-refractivity contribution is 5.90. The van der Waals surface area contributed by atoms with Crippen LogP contribution in [0.4, 0.5) is 5.69 Å². The molecule has 1 aromatic carbocycles. The van der Waals surface area contributed by atoms with Crippen molar-refractivity contribution in [1.29, 1.82) is 0 Å². The van der Waals surface area contributed by atoms with Crippen molar-refractivity contribution in [2.75, 3.05) is 5.73 Å². The molecule has 2 N–H and O–H groups in total. The van der Waals surface area contributed by atoms with Crippen LogP contribution in [-0.4, -0.2) is 0 Å². The van der Waals surface area contributed by atoms with E-state index in [0.29, 0.717) is 11.3 Å². The zero-order valence-corrected chi connectivity index (χ0v) is 10.7. The summed E-state index contributed by atoms with van der Waals surface area (Å²) in [6.07, 6.45) is 5.73. The zero-order valence-electron chi connectivity index (χ0n) is 10.7. The van der Waals surface area contributed by atoms with Crippen LogP contribution < -0.4 is 11.4 Å². The first-order valence-corrected chi connectivity index (χ1v) is 6.53. The molecular formula is C15H19NO2. The Morgan fingerprint density at radius 3 is 2.72 bits per heavy atom. The van der Waals surface area contributed by atoms with Crippen molar-refractivity contribution >= 4 is 16.7 Å². The third-order valence-corrected chi connectivity index (χ3v) is 3.20. The molecule has 2 aromatic rings. The number of nitrogens with two attached hydrogens (primary N) is 1. The Balaban J connectivity index is 2.30. The third kappa shape index (κ3) is 2.73. The molecule has 0 radical (unpaired) electrons. The van der Waals surface area contributed by atoms with Gasteiger partial charge in [-0.1, -0.05) is 32.3 Å². The predicted octanol–water partition coefficient (Wildman–Crippen LogP) is 3.50. The summed E-state index contributed by atoms with van der Waals surface area (Å²) in [6, 6.07) is 7.01. The van der Waals surface area contributed by atoms with E-state index in [2.05, 4.69) is 6.92 Å². The van der Waals surface area contributed by atoms with Gasteiger partial charge in [-0.25, -0.2) is 4.79 Å². The molecule has 0 bridgehead atoms. The number of hydrogen-bond donors (Lipinski definition) is 1. The van der Waals surface area contributed by atoms with Crippen LogP contribution in [0.1, 0.15) is 38.2 Å². The number of fused-ring (bicyclic) bond motifs is 1. The summed E-state index contributed by atoms with van der Waals surface area (Å²) in [4.78, 5) is 11.3. The maximum atomic E-state index is 11.3. The molecule has 3 nitrogen and oxygen atoms in total. The summed E-state index contributed by atoms with van der Waals surface area (Å²) in [5.74, 6) is 0. The Labute approximate surface area is 107 Å². The van der Waals surface area contributed by atoms with Gasteiger partial charge in [-0.15, -0.1) is 0 Å². The van der Waals surface area contributed by atoms with Crippen molar-refractivity contribution in [2.45, 2.75) is 39.0 Å². The summed E-state index contributed by atoms with van der Waals surface area (Å²) < 4.78 is 5.30. The third-order valence-electron chi connectivity index (χ3n) is 3.20. The lowest BCUT2D eigenvalue weighted by Gasteiger charge is -2.07. The minimum absolute atomic E-state index is 0.317. The standard InChI is InChI=1S/C15H19NO2/c1-2-3-4-5-6-11-7-9-13(16)12-8-10-14(17)18-15(11)12/h7-10H,2-6,16H2,1H3. The summed E-state index contributed by atoms with van der Waals surface area (Å²) in [5.41, 5.74) is 7.96. The Kier molecular flexibility index (Phi) is 4.03. The van der Waals surface area contributed by atoms with E-state index in [1.165, 1.54) is 25.3 Å². The smallest absolute Gasteiger partial charge is 0.336 e. The first-order chi connectivity index (χ1) is 8.72. The molecule has 1 aromatic heterocycles. The highest BCUT2D eigenvalue weighted by atomic mass is 16.4. The number of rotatable bonds is 5. The van der Waals surface area contributed by atoms with Gasteiger partial charge >= 0.3 is 5.63 Å². The van der Waals surface area contributed by atoms with Crippen molar-refractivity contribution in [3.8, 4) is 0 Å². The van der Waals surface area contributed by atoms with Gasteiger partial charge in [0.25, 0.3) is 0 Å². The Bertz CT molecular complexity index is 587. The van der Waals surface area contributed by atoms with E-state index >= 15 is 0 Å². The van der Waals surface area contributed by atoms with E-state index in [4.69, 9.17) is 10.2 Å². The molecule has 0 amide bonds. The fourth-order valence-electron chi connectivity index (χ4n) is 2.18. The molecule has 2 rings (SSSR count). The lowest BCUT2D eigenvalue weighted by molar-refractivity contribution is 0.554. The summed E-state index contributed by atoms with van der Waals surface area (Å²) in [6.45, 7) is 2.19. The molecule has 0 saturated heterocycles.